The third-order valence-corrected chi connectivity index (χ3v) is 3.48. The van der Waals surface area contributed by atoms with E-state index in [4.69, 9.17) is 10.5 Å². The summed E-state index contributed by atoms with van der Waals surface area (Å²) in [6, 6.07) is -0.139. The van der Waals surface area contributed by atoms with Crippen molar-refractivity contribution in [3.63, 3.8) is 0 Å². The Morgan fingerprint density at radius 2 is 2.04 bits per heavy atom. The number of anilines is 2. The van der Waals surface area contributed by atoms with Crippen molar-refractivity contribution in [3.05, 3.63) is 17.5 Å². The van der Waals surface area contributed by atoms with Crippen LogP contribution in [0.15, 0.2) is 6.20 Å². The Kier molecular flexibility index (Phi) is 4.97. The molecule has 7 nitrogen and oxygen atoms in total. The Balaban J connectivity index is 2.66. The minimum absolute atomic E-state index is 0.139. The predicted octanol–water partition coefficient (Wildman–Crippen LogP) is 2.50. The molecule has 0 saturated carbocycles. The van der Waals surface area contributed by atoms with Crippen LogP contribution in [0.25, 0.3) is 11.3 Å². The number of rotatable bonds is 5. The third-order valence-electron chi connectivity index (χ3n) is 3.48. The molecule has 0 fully saturated rings. The van der Waals surface area contributed by atoms with Gasteiger partial charge in [-0.1, -0.05) is 0 Å². The summed E-state index contributed by atoms with van der Waals surface area (Å²) in [5.41, 5.74) is 4.95. The lowest BCUT2D eigenvalue weighted by molar-refractivity contribution is -0.136. The van der Waals surface area contributed by atoms with Crippen LogP contribution in [-0.2, 0) is 10.9 Å². The normalized spacial score (nSPS) is 13.1. The molecule has 0 aliphatic heterocycles. The first kappa shape index (κ1) is 18.0. The van der Waals surface area contributed by atoms with Crippen molar-refractivity contribution >= 4 is 11.8 Å². The maximum atomic E-state index is 13.5. The Morgan fingerprint density at radius 3 is 2.58 bits per heavy atom. The molecule has 132 valence electrons. The molecule has 0 unspecified atom stereocenters. The molecule has 0 amide bonds. The summed E-state index contributed by atoms with van der Waals surface area (Å²) in [5.74, 6) is -0.624. The van der Waals surface area contributed by atoms with Gasteiger partial charge < -0.3 is 15.8 Å². The quantitative estimate of drug-likeness (QED) is 0.866. The summed E-state index contributed by atoms with van der Waals surface area (Å²) in [5, 5.41) is 6.69. The number of ether oxygens (including phenoxy) is 1. The molecule has 2 rings (SSSR count). The first-order chi connectivity index (χ1) is 11.2. The highest BCUT2D eigenvalue weighted by Gasteiger charge is 2.39. The molecule has 3 N–H and O–H groups in total. The molecule has 0 aliphatic carbocycles. The molecule has 0 aromatic carbocycles. The molecular weight excluding hydrogens is 325 g/mol. The van der Waals surface area contributed by atoms with Crippen LogP contribution in [0, 0.1) is 6.92 Å². The number of nitrogens with one attached hydrogen (secondary N) is 1. The lowest BCUT2D eigenvalue weighted by Gasteiger charge is -2.16. The van der Waals surface area contributed by atoms with Gasteiger partial charge >= 0.3 is 6.18 Å². The van der Waals surface area contributed by atoms with E-state index in [2.05, 4.69) is 20.4 Å². The van der Waals surface area contributed by atoms with Crippen LogP contribution < -0.4 is 11.1 Å². The Hall–Kier alpha value is -2.36. The highest BCUT2D eigenvalue weighted by atomic mass is 19.4. The largest absolute Gasteiger partial charge is 0.422 e. The van der Waals surface area contributed by atoms with Gasteiger partial charge in [0.2, 0.25) is 5.95 Å². The fourth-order valence-corrected chi connectivity index (χ4v) is 2.38. The van der Waals surface area contributed by atoms with Crippen molar-refractivity contribution < 1.29 is 17.9 Å². The molecule has 10 heteroatoms. The van der Waals surface area contributed by atoms with E-state index >= 15 is 0 Å². The summed E-state index contributed by atoms with van der Waals surface area (Å²) >= 11 is 0. The Labute approximate surface area is 137 Å². The molecule has 24 heavy (non-hydrogen) atoms. The summed E-state index contributed by atoms with van der Waals surface area (Å²) in [7, 11) is 2.89. The predicted molar refractivity (Wildman–Crippen MR) is 83.5 cm³/mol. The van der Waals surface area contributed by atoms with Crippen molar-refractivity contribution in [2.24, 2.45) is 0 Å². The second kappa shape index (κ2) is 6.63. The number of nitrogen functional groups attached to an aromatic ring is 1. The zero-order valence-electron chi connectivity index (χ0n) is 13.8. The molecule has 0 aliphatic rings. The van der Waals surface area contributed by atoms with Crippen molar-refractivity contribution in [3.8, 4) is 11.3 Å². The molecule has 0 bridgehead atoms. The number of nitrogens with two attached hydrogens (primary N) is 1. The first-order valence-electron chi connectivity index (χ1n) is 7.16. The van der Waals surface area contributed by atoms with Crippen LogP contribution in [0.3, 0.4) is 0 Å². The van der Waals surface area contributed by atoms with Crippen molar-refractivity contribution in [1.82, 2.24) is 19.7 Å². The monoisotopic (exact) mass is 344 g/mol. The second-order valence-electron chi connectivity index (χ2n) is 5.31. The molecule has 2 aromatic rings. The third kappa shape index (κ3) is 3.42. The molecule has 0 saturated heterocycles. The maximum Gasteiger partial charge on any atom is 0.422 e. The van der Waals surface area contributed by atoms with E-state index in [9.17, 15) is 13.2 Å². The van der Waals surface area contributed by atoms with Crippen LogP contribution in [0.1, 0.15) is 24.2 Å². The van der Waals surface area contributed by atoms with Crippen LogP contribution in [0.4, 0.5) is 24.9 Å². The smallest absolute Gasteiger partial charge is 0.382 e. The Bertz CT molecular complexity index is 728. The number of hydrogen-bond acceptors (Lipinski definition) is 6. The van der Waals surface area contributed by atoms with E-state index in [1.54, 1.807) is 18.7 Å². The first-order valence-corrected chi connectivity index (χ1v) is 7.16. The SMILES string of the molecule is CNc1nc(N)nc(-c2cn([C@@H](C)COC)nc2C)c1C(F)(F)F. The van der Waals surface area contributed by atoms with Gasteiger partial charge in [0, 0.05) is 25.9 Å². The fraction of sp³-hybridized carbons (Fsp3) is 0.500. The summed E-state index contributed by atoms with van der Waals surface area (Å²) in [6.07, 6.45) is -3.14. The number of aryl methyl sites for hydroxylation is 1. The molecule has 1 atom stereocenters. The van der Waals surface area contributed by atoms with Crippen molar-refractivity contribution in [2.45, 2.75) is 26.1 Å². The Morgan fingerprint density at radius 1 is 1.38 bits per heavy atom. The van der Waals surface area contributed by atoms with Crippen molar-refractivity contribution in [2.75, 3.05) is 31.8 Å². The average Bonchev–Trinajstić information content (AvgIpc) is 2.87. The van der Waals surface area contributed by atoms with Crippen molar-refractivity contribution in [1.29, 1.82) is 0 Å². The van der Waals surface area contributed by atoms with E-state index in [1.165, 1.54) is 13.2 Å². The molecule has 2 heterocycles. The van der Waals surface area contributed by atoms with E-state index in [-0.39, 0.29) is 29.1 Å². The van der Waals surface area contributed by atoms with Crippen LogP contribution in [0.2, 0.25) is 0 Å². The standard InChI is InChI=1S/C14H19F3N6O/c1-7(6-24-4)23-5-9(8(2)22-23)11-10(14(15,16)17)12(19-3)21-13(18)20-11/h5,7H,6H2,1-4H3,(H3,18,19,20,21)/t7-/m0/s1. The van der Waals surface area contributed by atoms with E-state index in [0.717, 1.165) is 0 Å². The maximum absolute atomic E-state index is 13.5. The van der Waals surface area contributed by atoms with Gasteiger partial charge in [0.05, 0.1) is 24.0 Å². The lowest BCUT2D eigenvalue weighted by Crippen LogP contribution is -2.15. The molecule has 2 aromatic heterocycles. The van der Waals surface area contributed by atoms with Gasteiger partial charge in [0.25, 0.3) is 0 Å². The zero-order chi connectivity index (χ0) is 18.1. The van der Waals surface area contributed by atoms with Crippen LogP contribution >= 0.6 is 0 Å². The highest BCUT2D eigenvalue weighted by molar-refractivity contribution is 5.72. The highest BCUT2D eigenvalue weighted by Crippen LogP contribution is 2.41. The number of methoxy groups -OCH3 is 1. The van der Waals surface area contributed by atoms with Gasteiger partial charge in [0.15, 0.2) is 0 Å². The number of halogens is 3. The van der Waals surface area contributed by atoms with Crippen LogP contribution in [-0.4, -0.2) is 40.5 Å². The number of hydrogen-bond donors (Lipinski definition) is 2. The van der Waals surface area contributed by atoms with E-state index < -0.39 is 11.7 Å². The topological polar surface area (TPSA) is 90.9 Å². The van der Waals surface area contributed by atoms with Gasteiger partial charge in [-0.3, -0.25) is 4.68 Å². The van der Waals surface area contributed by atoms with Gasteiger partial charge in [-0.15, -0.1) is 0 Å². The lowest BCUT2D eigenvalue weighted by atomic mass is 10.1. The van der Waals surface area contributed by atoms with E-state index in [0.29, 0.717) is 12.3 Å². The van der Waals surface area contributed by atoms with Gasteiger partial charge in [-0.05, 0) is 13.8 Å². The fourth-order valence-electron chi connectivity index (χ4n) is 2.38. The summed E-state index contributed by atoms with van der Waals surface area (Å²) in [4.78, 5) is 7.45. The van der Waals surface area contributed by atoms with Gasteiger partial charge in [-0.25, -0.2) is 4.98 Å². The molecular formula is C14H19F3N6O. The molecule has 0 radical (unpaired) electrons. The zero-order valence-corrected chi connectivity index (χ0v) is 13.8. The summed E-state index contributed by atoms with van der Waals surface area (Å²) in [6.45, 7) is 3.83. The minimum Gasteiger partial charge on any atom is -0.382 e. The van der Waals surface area contributed by atoms with Gasteiger partial charge in [-0.2, -0.15) is 23.3 Å². The van der Waals surface area contributed by atoms with Crippen LogP contribution in [0.5, 0.6) is 0 Å². The van der Waals surface area contributed by atoms with Gasteiger partial charge in [0.1, 0.15) is 11.4 Å². The average molecular weight is 344 g/mol. The number of nitrogens with zero attached hydrogens (tertiary/aromatic N) is 4. The number of alkyl halides is 3. The molecule has 0 spiro atoms. The summed E-state index contributed by atoms with van der Waals surface area (Å²) < 4.78 is 47.2. The number of aromatic nitrogens is 4. The minimum atomic E-state index is -4.64. The second-order valence-corrected chi connectivity index (χ2v) is 5.31. The van der Waals surface area contributed by atoms with E-state index in [1.807, 2.05) is 6.92 Å².